The van der Waals surface area contributed by atoms with Gasteiger partial charge in [0.25, 0.3) is 0 Å². The van der Waals surface area contributed by atoms with Gasteiger partial charge in [0.1, 0.15) is 11.8 Å². The molecule has 3 aromatic rings. The Labute approximate surface area is 118 Å². The van der Waals surface area contributed by atoms with Gasteiger partial charge < -0.3 is 10.7 Å². The number of hydrogen-bond donors (Lipinski definition) is 2. The maximum absolute atomic E-state index is 6.03. The number of benzene rings is 1. The van der Waals surface area contributed by atoms with Crippen molar-refractivity contribution < 1.29 is 0 Å². The predicted molar refractivity (Wildman–Crippen MR) is 76.4 cm³/mol. The van der Waals surface area contributed by atoms with Crippen molar-refractivity contribution in [1.82, 2.24) is 19.9 Å². The minimum absolute atomic E-state index is 0.395. The monoisotopic (exact) mass is 291 g/mol. The lowest BCUT2D eigenvalue weighted by Gasteiger charge is -2.00. The fraction of sp³-hybridized carbons (Fsp3) is 0.0833. The molecule has 0 atom stereocenters. The molecule has 0 aliphatic carbocycles. The van der Waals surface area contributed by atoms with Gasteiger partial charge in [-0.25, -0.2) is 15.0 Å². The second-order valence-corrected chi connectivity index (χ2v) is 5.56. The summed E-state index contributed by atoms with van der Waals surface area (Å²) in [6.07, 6.45) is 1.40. The second-order valence-electron chi connectivity index (χ2n) is 4.07. The Morgan fingerprint density at radius 3 is 2.84 bits per heavy atom. The largest absolute Gasteiger partial charge is 0.382 e. The number of anilines is 1. The van der Waals surface area contributed by atoms with Gasteiger partial charge in [-0.15, -0.1) is 0 Å². The Morgan fingerprint density at radius 2 is 2.11 bits per heavy atom. The quantitative estimate of drug-likeness (QED) is 0.758. The van der Waals surface area contributed by atoms with Crippen molar-refractivity contribution >= 4 is 40.3 Å². The number of fused-ring (bicyclic) bond motifs is 1. The normalized spacial score (nSPS) is 11.1. The number of aryl methyl sites for hydroxylation is 1. The van der Waals surface area contributed by atoms with Crippen LogP contribution in [0.4, 0.5) is 5.82 Å². The molecule has 0 fully saturated rings. The SMILES string of the molecule is Cc1cc(Cl)cc(Sc2nc3ncnc(N)c3[nH]2)c1. The standard InChI is InChI=1S/C12H10ClN5S/c1-6-2-7(13)4-8(3-6)19-12-17-9-10(14)15-5-16-11(9)18-12/h2-5H,1H3,(H3,14,15,16,17,18). The van der Waals surface area contributed by atoms with E-state index in [0.29, 0.717) is 27.2 Å². The molecule has 19 heavy (non-hydrogen) atoms. The summed E-state index contributed by atoms with van der Waals surface area (Å²) in [6.45, 7) is 2.00. The average Bonchev–Trinajstić information content (AvgIpc) is 2.71. The van der Waals surface area contributed by atoms with Crippen LogP contribution in [0.5, 0.6) is 0 Å². The van der Waals surface area contributed by atoms with Gasteiger partial charge in [0.05, 0.1) is 0 Å². The number of halogens is 1. The highest BCUT2D eigenvalue weighted by atomic mass is 35.5. The lowest BCUT2D eigenvalue weighted by Crippen LogP contribution is -1.91. The first-order chi connectivity index (χ1) is 9.11. The van der Waals surface area contributed by atoms with Crippen LogP contribution in [0.25, 0.3) is 11.2 Å². The molecule has 0 saturated heterocycles. The van der Waals surface area contributed by atoms with Crippen LogP contribution in [-0.4, -0.2) is 19.9 Å². The van der Waals surface area contributed by atoms with Crippen molar-refractivity contribution in [2.24, 2.45) is 0 Å². The third-order valence-electron chi connectivity index (χ3n) is 2.53. The molecule has 96 valence electrons. The van der Waals surface area contributed by atoms with Crippen LogP contribution >= 0.6 is 23.4 Å². The van der Waals surface area contributed by atoms with Crippen LogP contribution in [0.1, 0.15) is 5.56 Å². The van der Waals surface area contributed by atoms with Crippen LogP contribution in [-0.2, 0) is 0 Å². The number of aromatic nitrogens is 4. The van der Waals surface area contributed by atoms with Crippen LogP contribution < -0.4 is 5.73 Å². The smallest absolute Gasteiger partial charge is 0.183 e. The van der Waals surface area contributed by atoms with Crippen molar-refractivity contribution in [2.75, 3.05) is 5.73 Å². The van der Waals surface area contributed by atoms with Gasteiger partial charge in [0.15, 0.2) is 16.6 Å². The molecule has 0 bridgehead atoms. The number of aromatic amines is 1. The Kier molecular flexibility index (Phi) is 3.04. The summed E-state index contributed by atoms with van der Waals surface area (Å²) in [4.78, 5) is 16.5. The van der Waals surface area contributed by atoms with Crippen LogP contribution in [0, 0.1) is 6.92 Å². The van der Waals surface area contributed by atoms with Crippen molar-refractivity contribution in [3.63, 3.8) is 0 Å². The number of hydrogen-bond acceptors (Lipinski definition) is 5. The van der Waals surface area contributed by atoms with E-state index in [2.05, 4.69) is 19.9 Å². The minimum atomic E-state index is 0.395. The van der Waals surface area contributed by atoms with Crippen molar-refractivity contribution in [2.45, 2.75) is 17.0 Å². The molecule has 7 heteroatoms. The van der Waals surface area contributed by atoms with Gasteiger partial charge in [-0.1, -0.05) is 23.4 Å². The van der Waals surface area contributed by atoms with Gasteiger partial charge >= 0.3 is 0 Å². The van der Waals surface area contributed by atoms with Crippen molar-refractivity contribution in [3.05, 3.63) is 35.1 Å². The number of rotatable bonds is 2. The molecule has 0 amide bonds. The zero-order chi connectivity index (χ0) is 13.4. The van der Waals surface area contributed by atoms with E-state index in [4.69, 9.17) is 17.3 Å². The fourth-order valence-corrected chi connectivity index (χ4v) is 3.04. The van der Waals surface area contributed by atoms with E-state index in [1.54, 1.807) is 0 Å². The molecular formula is C12H10ClN5S. The number of nitrogens with one attached hydrogen (secondary N) is 1. The maximum atomic E-state index is 6.03. The van der Waals surface area contributed by atoms with Gasteiger partial charge in [-0.2, -0.15) is 0 Å². The topological polar surface area (TPSA) is 80.5 Å². The highest BCUT2D eigenvalue weighted by molar-refractivity contribution is 7.99. The molecule has 1 aromatic carbocycles. The Morgan fingerprint density at radius 1 is 1.26 bits per heavy atom. The van der Waals surface area contributed by atoms with Crippen LogP contribution in [0.3, 0.4) is 0 Å². The first-order valence-electron chi connectivity index (χ1n) is 5.53. The van der Waals surface area contributed by atoms with Gasteiger partial charge in [-0.05, 0) is 30.7 Å². The van der Waals surface area contributed by atoms with Gasteiger partial charge in [-0.3, -0.25) is 0 Å². The van der Waals surface area contributed by atoms with Crippen molar-refractivity contribution in [3.8, 4) is 0 Å². The fourth-order valence-electron chi connectivity index (χ4n) is 1.75. The molecule has 5 nitrogen and oxygen atoms in total. The molecular weight excluding hydrogens is 282 g/mol. The lowest BCUT2D eigenvalue weighted by atomic mass is 10.2. The first kappa shape index (κ1) is 12.3. The second kappa shape index (κ2) is 4.71. The highest BCUT2D eigenvalue weighted by Crippen LogP contribution is 2.30. The van der Waals surface area contributed by atoms with E-state index < -0.39 is 0 Å². The van der Waals surface area contributed by atoms with Gasteiger partial charge in [0.2, 0.25) is 0 Å². The lowest BCUT2D eigenvalue weighted by molar-refractivity contribution is 1.07. The first-order valence-corrected chi connectivity index (χ1v) is 6.72. The van der Waals surface area contributed by atoms with E-state index in [-0.39, 0.29) is 0 Å². The number of nitrogens with zero attached hydrogens (tertiary/aromatic N) is 3. The molecule has 0 spiro atoms. The Bertz CT molecular complexity index is 735. The summed E-state index contributed by atoms with van der Waals surface area (Å²) in [5, 5.41) is 1.42. The summed E-state index contributed by atoms with van der Waals surface area (Å²) in [5.74, 6) is 0.395. The van der Waals surface area contributed by atoms with Gasteiger partial charge in [0, 0.05) is 9.92 Å². The van der Waals surface area contributed by atoms with E-state index in [1.165, 1.54) is 18.1 Å². The van der Waals surface area contributed by atoms with E-state index >= 15 is 0 Å². The zero-order valence-corrected chi connectivity index (χ0v) is 11.6. The number of imidazole rings is 1. The predicted octanol–water partition coefficient (Wildman–Crippen LogP) is 3.05. The summed E-state index contributed by atoms with van der Waals surface area (Å²) in [7, 11) is 0. The molecule has 0 aliphatic rings. The van der Waals surface area contributed by atoms with Crippen LogP contribution in [0.15, 0.2) is 34.6 Å². The molecule has 0 saturated carbocycles. The Balaban J connectivity index is 1.99. The number of nitrogens with two attached hydrogens (primary N) is 1. The summed E-state index contributed by atoms with van der Waals surface area (Å²) in [6, 6.07) is 5.84. The minimum Gasteiger partial charge on any atom is -0.382 e. The third-order valence-corrected chi connectivity index (χ3v) is 3.60. The third kappa shape index (κ3) is 2.50. The highest BCUT2D eigenvalue weighted by Gasteiger charge is 2.09. The Hall–Kier alpha value is -1.79. The molecule has 0 unspecified atom stereocenters. The van der Waals surface area contributed by atoms with E-state index in [9.17, 15) is 0 Å². The number of nitrogen functional groups attached to an aromatic ring is 1. The maximum Gasteiger partial charge on any atom is 0.183 e. The summed E-state index contributed by atoms with van der Waals surface area (Å²) in [5.41, 5.74) is 8.08. The number of H-pyrrole nitrogens is 1. The van der Waals surface area contributed by atoms with Crippen LogP contribution in [0.2, 0.25) is 5.02 Å². The average molecular weight is 292 g/mol. The summed E-state index contributed by atoms with van der Waals surface area (Å²) < 4.78 is 0. The summed E-state index contributed by atoms with van der Waals surface area (Å²) >= 11 is 7.51. The molecule has 3 rings (SSSR count). The molecule has 2 heterocycles. The molecule has 0 radical (unpaired) electrons. The molecule has 3 N–H and O–H groups in total. The zero-order valence-electron chi connectivity index (χ0n) is 10.0. The van der Waals surface area contributed by atoms with Crippen molar-refractivity contribution in [1.29, 1.82) is 0 Å². The van der Waals surface area contributed by atoms with E-state index in [0.717, 1.165) is 10.5 Å². The molecule has 0 aliphatic heterocycles. The molecule has 2 aromatic heterocycles. The van der Waals surface area contributed by atoms with E-state index in [1.807, 2.05) is 25.1 Å².